The van der Waals surface area contributed by atoms with Crippen LogP contribution in [0.2, 0.25) is 0 Å². The molecule has 0 bridgehead atoms. The van der Waals surface area contributed by atoms with Gasteiger partial charge in [0.15, 0.2) is 0 Å². The average molecular weight is 400 g/mol. The molecular formula is C21H21NO3S2. The second-order valence-electron chi connectivity index (χ2n) is 6.17. The van der Waals surface area contributed by atoms with Crippen molar-refractivity contribution in [1.29, 1.82) is 0 Å². The summed E-state index contributed by atoms with van der Waals surface area (Å²) < 4.78 is 12.0. The largest absolute Gasteiger partial charge is 0.493 e. The first-order valence-corrected chi connectivity index (χ1v) is 9.89. The molecule has 1 heterocycles. The number of benzene rings is 2. The van der Waals surface area contributed by atoms with Gasteiger partial charge in [-0.2, -0.15) is 0 Å². The molecule has 1 fully saturated rings. The number of nitrogens with zero attached hydrogens (tertiary/aromatic N) is 1. The molecule has 4 nitrogen and oxygen atoms in total. The molecule has 3 rings (SSSR count). The van der Waals surface area contributed by atoms with E-state index in [9.17, 15) is 4.79 Å². The van der Waals surface area contributed by atoms with E-state index in [1.807, 2.05) is 54.6 Å². The topological polar surface area (TPSA) is 38.8 Å². The first-order valence-electron chi connectivity index (χ1n) is 8.67. The number of likely N-dealkylation sites (N-methyl/N-ethyl adjacent to an activating group) is 1. The predicted octanol–water partition coefficient (Wildman–Crippen LogP) is 4.67. The van der Waals surface area contributed by atoms with Crippen molar-refractivity contribution in [2.45, 2.75) is 13.3 Å². The van der Waals surface area contributed by atoms with Gasteiger partial charge in [-0.15, -0.1) is 0 Å². The molecule has 140 valence electrons. The lowest BCUT2D eigenvalue weighted by atomic mass is 10.2. The molecule has 1 aliphatic heterocycles. The minimum absolute atomic E-state index is 0.0566. The zero-order valence-electron chi connectivity index (χ0n) is 15.3. The molecule has 0 aromatic heterocycles. The Hall–Kier alpha value is -2.31. The molecule has 1 amide bonds. The van der Waals surface area contributed by atoms with Gasteiger partial charge in [-0.05, 0) is 42.8 Å². The molecule has 2 aromatic rings. The Bertz CT molecular complexity index is 845. The lowest BCUT2D eigenvalue weighted by Gasteiger charge is -2.08. The normalized spacial score (nSPS) is 15.5. The highest BCUT2D eigenvalue weighted by Crippen LogP contribution is 2.31. The number of hydrogen-bond donors (Lipinski definition) is 0. The van der Waals surface area contributed by atoms with E-state index in [4.69, 9.17) is 21.7 Å². The Morgan fingerprint density at radius 1 is 1.00 bits per heavy atom. The highest BCUT2D eigenvalue weighted by atomic mass is 32.2. The van der Waals surface area contributed by atoms with Crippen molar-refractivity contribution in [1.82, 2.24) is 4.90 Å². The second-order valence-corrected chi connectivity index (χ2v) is 7.85. The molecule has 1 saturated heterocycles. The van der Waals surface area contributed by atoms with Gasteiger partial charge < -0.3 is 9.47 Å². The van der Waals surface area contributed by atoms with Crippen LogP contribution in [0.4, 0.5) is 0 Å². The van der Waals surface area contributed by atoms with Gasteiger partial charge in [-0.1, -0.05) is 53.8 Å². The fourth-order valence-electron chi connectivity index (χ4n) is 2.43. The molecule has 0 saturated carbocycles. The van der Waals surface area contributed by atoms with E-state index in [0.29, 0.717) is 22.4 Å². The van der Waals surface area contributed by atoms with Crippen LogP contribution < -0.4 is 9.47 Å². The smallest absolute Gasteiger partial charge is 0.265 e. The molecule has 2 aromatic carbocycles. The Balaban J connectivity index is 1.43. The van der Waals surface area contributed by atoms with Gasteiger partial charge in [0.1, 0.15) is 15.8 Å². The van der Waals surface area contributed by atoms with Crippen LogP contribution in [0.15, 0.2) is 53.4 Å². The fourth-order valence-corrected chi connectivity index (χ4v) is 3.61. The monoisotopic (exact) mass is 399 g/mol. The number of thioether (sulfide) groups is 1. The molecule has 0 spiro atoms. The van der Waals surface area contributed by atoms with Gasteiger partial charge in [0.05, 0.1) is 18.1 Å². The quantitative estimate of drug-likeness (QED) is 0.384. The van der Waals surface area contributed by atoms with E-state index in [1.165, 1.54) is 22.2 Å². The maximum absolute atomic E-state index is 12.0. The third-order valence-electron chi connectivity index (χ3n) is 4.01. The molecule has 1 aliphatic rings. The van der Waals surface area contributed by atoms with Crippen molar-refractivity contribution in [3.05, 3.63) is 64.6 Å². The molecule has 0 aliphatic carbocycles. The van der Waals surface area contributed by atoms with Crippen molar-refractivity contribution in [3.8, 4) is 11.5 Å². The molecular weight excluding hydrogens is 378 g/mol. The van der Waals surface area contributed by atoms with E-state index >= 15 is 0 Å². The van der Waals surface area contributed by atoms with E-state index in [-0.39, 0.29) is 5.91 Å². The number of aryl methyl sites for hydroxylation is 1. The molecule has 0 unspecified atom stereocenters. The summed E-state index contributed by atoms with van der Waals surface area (Å²) in [7, 11) is 1.69. The van der Waals surface area contributed by atoms with Crippen molar-refractivity contribution >= 4 is 40.3 Å². The van der Waals surface area contributed by atoms with Crippen LogP contribution in [0.5, 0.6) is 11.5 Å². The summed E-state index contributed by atoms with van der Waals surface area (Å²) in [5.41, 5.74) is 2.16. The van der Waals surface area contributed by atoms with Crippen LogP contribution in [0.3, 0.4) is 0 Å². The molecule has 0 radical (unpaired) electrons. The number of thiocarbonyl (C=S) groups is 1. The SMILES string of the molecule is Cc1ccc(OCCCOc2ccc(/C=C3\SC(=S)N(C)C3=O)cc2)cc1. The van der Waals surface area contributed by atoms with Gasteiger partial charge in [0.2, 0.25) is 0 Å². The van der Waals surface area contributed by atoms with Crippen LogP contribution >= 0.6 is 24.0 Å². The van der Waals surface area contributed by atoms with Crippen LogP contribution in [-0.4, -0.2) is 35.4 Å². The van der Waals surface area contributed by atoms with Crippen molar-refractivity contribution < 1.29 is 14.3 Å². The van der Waals surface area contributed by atoms with E-state index in [2.05, 4.69) is 6.92 Å². The maximum Gasteiger partial charge on any atom is 0.265 e. The predicted molar refractivity (Wildman–Crippen MR) is 114 cm³/mol. The van der Waals surface area contributed by atoms with Crippen LogP contribution in [0, 0.1) is 6.92 Å². The molecule has 6 heteroatoms. The average Bonchev–Trinajstić information content (AvgIpc) is 2.91. The second kappa shape index (κ2) is 9.06. The third kappa shape index (κ3) is 5.34. The van der Waals surface area contributed by atoms with Gasteiger partial charge >= 0.3 is 0 Å². The first kappa shape index (κ1) is 19.5. The Morgan fingerprint density at radius 2 is 1.56 bits per heavy atom. The van der Waals surface area contributed by atoms with Crippen molar-refractivity contribution in [2.75, 3.05) is 20.3 Å². The zero-order valence-corrected chi connectivity index (χ0v) is 16.9. The summed E-state index contributed by atoms with van der Waals surface area (Å²) in [5.74, 6) is 1.62. The summed E-state index contributed by atoms with van der Waals surface area (Å²) in [5, 5.41) is 0. The number of ether oxygens (including phenoxy) is 2. The van der Waals surface area contributed by atoms with Crippen LogP contribution in [0.25, 0.3) is 6.08 Å². The number of amides is 1. The number of carbonyl (C=O) groups is 1. The van der Waals surface area contributed by atoms with Crippen molar-refractivity contribution in [2.24, 2.45) is 0 Å². The number of carbonyl (C=O) groups excluding carboxylic acids is 1. The van der Waals surface area contributed by atoms with Gasteiger partial charge in [-0.3, -0.25) is 9.69 Å². The summed E-state index contributed by atoms with van der Waals surface area (Å²) >= 11 is 6.46. The summed E-state index contributed by atoms with van der Waals surface area (Å²) in [6.45, 7) is 3.25. The standard InChI is InChI=1S/C21H21NO3S2/c1-15-4-8-17(9-5-15)24-12-3-13-25-18-10-6-16(7-11-18)14-19-20(23)22(2)21(26)27-19/h4-11,14H,3,12-13H2,1-2H3/b19-14-. The highest BCUT2D eigenvalue weighted by molar-refractivity contribution is 8.26. The van der Waals surface area contributed by atoms with Gasteiger partial charge in [-0.25, -0.2) is 0 Å². The van der Waals surface area contributed by atoms with Crippen molar-refractivity contribution in [3.63, 3.8) is 0 Å². The Morgan fingerprint density at radius 3 is 2.07 bits per heavy atom. The lowest BCUT2D eigenvalue weighted by Crippen LogP contribution is -2.22. The summed E-state index contributed by atoms with van der Waals surface area (Å²) in [6, 6.07) is 15.7. The third-order valence-corrected chi connectivity index (χ3v) is 5.50. The lowest BCUT2D eigenvalue weighted by molar-refractivity contribution is -0.121. The fraction of sp³-hybridized carbons (Fsp3) is 0.238. The van der Waals surface area contributed by atoms with Gasteiger partial charge in [0.25, 0.3) is 5.91 Å². The Labute approximate surface area is 169 Å². The zero-order chi connectivity index (χ0) is 19.2. The van der Waals surface area contributed by atoms with E-state index in [1.54, 1.807) is 7.05 Å². The molecule has 0 atom stereocenters. The van der Waals surface area contributed by atoms with Gasteiger partial charge in [0, 0.05) is 13.5 Å². The minimum Gasteiger partial charge on any atom is -0.493 e. The van der Waals surface area contributed by atoms with Crippen LogP contribution in [0.1, 0.15) is 17.5 Å². The molecule has 27 heavy (non-hydrogen) atoms. The maximum atomic E-state index is 12.0. The van der Waals surface area contributed by atoms with E-state index < -0.39 is 0 Å². The summed E-state index contributed by atoms with van der Waals surface area (Å²) in [4.78, 5) is 14.2. The molecule has 0 N–H and O–H groups in total. The first-order chi connectivity index (χ1) is 13.0. The highest BCUT2D eigenvalue weighted by Gasteiger charge is 2.28. The minimum atomic E-state index is -0.0566. The van der Waals surface area contributed by atoms with Crippen LogP contribution in [-0.2, 0) is 4.79 Å². The Kier molecular flexibility index (Phi) is 6.53. The number of hydrogen-bond acceptors (Lipinski definition) is 5. The van der Waals surface area contributed by atoms with E-state index in [0.717, 1.165) is 23.5 Å². The summed E-state index contributed by atoms with van der Waals surface area (Å²) in [6.07, 6.45) is 2.65. The number of rotatable bonds is 7.